The molecule has 0 spiro atoms. The molecule has 0 heterocycles. The van der Waals surface area contributed by atoms with Gasteiger partial charge in [-0.25, -0.2) is 4.57 Å². The van der Waals surface area contributed by atoms with E-state index < -0.39 is 20.0 Å². The molecule has 0 fully saturated rings. The van der Waals surface area contributed by atoms with Crippen molar-refractivity contribution in [3.05, 3.63) is 24.3 Å². The minimum Gasteiger partial charge on any atom is -0.391 e. The topological polar surface area (TPSA) is 105 Å². The lowest BCUT2D eigenvalue weighted by Gasteiger charge is -2.26. The molecule has 3 N–H and O–H groups in total. The maximum absolute atomic E-state index is 12.8. The smallest absolute Gasteiger partial charge is 0.391 e. The highest BCUT2D eigenvalue weighted by atomic mass is 31.2. The Balaban J connectivity index is 4.38. The first-order valence-electron chi connectivity index (χ1n) is 22.7. The van der Waals surface area contributed by atoms with Crippen LogP contribution in [0.3, 0.4) is 0 Å². The van der Waals surface area contributed by atoms with Gasteiger partial charge < -0.3 is 19.8 Å². The zero-order valence-corrected chi connectivity index (χ0v) is 37.1. The summed E-state index contributed by atoms with van der Waals surface area (Å²) in [5, 5.41) is 13.9. The van der Waals surface area contributed by atoms with Crippen molar-refractivity contribution in [1.29, 1.82) is 0 Å². The van der Waals surface area contributed by atoms with E-state index in [-0.39, 0.29) is 25.5 Å². The average Bonchev–Trinajstić information content (AvgIpc) is 3.12. The molecule has 0 saturated carbocycles. The van der Waals surface area contributed by atoms with Gasteiger partial charge in [-0.15, -0.1) is 0 Å². The molecule has 0 aliphatic carbocycles. The summed E-state index contributed by atoms with van der Waals surface area (Å²) in [5.74, 6) is -0.210. The second kappa shape index (κ2) is 37.6. The number of aliphatic hydroxyl groups is 1. The van der Waals surface area contributed by atoms with Crippen LogP contribution in [-0.4, -0.2) is 73.4 Å². The van der Waals surface area contributed by atoms with Crippen LogP contribution in [0.5, 0.6) is 0 Å². The normalized spacial score (nSPS) is 14.6. The first-order chi connectivity index (χ1) is 26.0. The molecule has 0 bridgehead atoms. The summed E-state index contributed by atoms with van der Waals surface area (Å²) >= 11 is 0. The maximum Gasteiger partial charge on any atom is 0.472 e. The Kier molecular flexibility index (Phi) is 36.8. The molecule has 3 atom stereocenters. The molecular formula is C45H90N2O6P+. The molecule has 0 saturated heterocycles. The van der Waals surface area contributed by atoms with Crippen LogP contribution in [-0.2, 0) is 18.4 Å². The van der Waals surface area contributed by atoms with Gasteiger partial charge in [-0.3, -0.25) is 13.8 Å². The van der Waals surface area contributed by atoms with Gasteiger partial charge in [-0.05, 0) is 32.1 Å². The molecule has 3 unspecified atom stereocenters. The Labute approximate surface area is 334 Å². The summed E-state index contributed by atoms with van der Waals surface area (Å²) in [4.78, 5) is 23.1. The number of phosphoric acid groups is 1. The van der Waals surface area contributed by atoms with Crippen LogP contribution in [0, 0.1) is 0 Å². The Hall–Kier alpha value is -1.02. The van der Waals surface area contributed by atoms with Gasteiger partial charge in [0.25, 0.3) is 0 Å². The van der Waals surface area contributed by atoms with Gasteiger partial charge in [0.05, 0.1) is 39.9 Å². The number of rotatable bonds is 41. The fraction of sp³-hybridized carbons (Fsp3) is 0.889. The molecule has 0 aromatic rings. The standard InChI is InChI=1S/C45H89N2O6P/c1-6-8-10-12-14-16-18-20-21-22-23-24-25-27-28-30-32-34-36-38-44(48)43(42-53-54(50,51)52-41-40-47(3,4)5)46-45(49)39-37-35-33-31-29-26-19-17-15-13-11-9-7-2/h26,29,33,35,43-44,48H,6-25,27-28,30-32,34,36-42H2,1-5H3,(H-,46,49,50,51)/p+1/b29-26-,35-33-. The number of phosphoric ester groups is 1. The number of amides is 1. The summed E-state index contributed by atoms with van der Waals surface area (Å²) in [6.45, 7) is 4.84. The Morgan fingerprint density at radius 2 is 1.06 bits per heavy atom. The molecule has 9 heteroatoms. The van der Waals surface area contributed by atoms with E-state index in [9.17, 15) is 19.4 Å². The van der Waals surface area contributed by atoms with E-state index in [0.717, 1.165) is 32.1 Å². The molecule has 0 aromatic heterocycles. The minimum atomic E-state index is -4.32. The van der Waals surface area contributed by atoms with Crippen molar-refractivity contribution in [2.24, 2.45) is 0 Å². The molecule has 0 aromatic carbocycles. The Morgan fingerprint density at radius 1 is 0.630 bits per heavy atom. The first kappa shape index (κ1) is 53.0. The monoisotopic (exact) mass is 786 g/mol. The van der Waals surface area contributed by atoms with Crippen molar-refractivity contribution in [1.82, 2.24) is 5.32 Å². The highest BCUT2D eigenvalue weighted by Crippen LogP contribution is 2.43. The summed E-state index contributed by atoms with van der Waals surface area (Å²) in [6.07, 6.45) is 43.6. The van der Waals surface area contributed by atoms with Crippen molar-refractivity contribution < 1.29 is 32.9 Å². The van der Waals surface area contributed by atoms with Crippen LogP contribution < -0.4 is 5.32 Å². The average molecular weight is 786 g/mol. The molecule has 320 valence electrons. The maximum atomic E-state index is 12.8. The number of likely N-dealkylation sites (N-methyl/N-ethyl adjacent to an activating group) is 1. The van der Waals surface area contributed by atoms with Crippen LogP contribution >= 0.6 is 7.82 Å². The highest BCUT2D eigenvalue weighted by molar-refractivity contribution is 7.47. The number of nitrogens with zero attached hydrogens (tertiary/aromatic N) is 1. The van der Waals surface area contributed by atoms with Crippen LogP contribution in [0.15, 0.2) is 24.3 Å². The van der Waals surface area contributed by atoms with Crippen molar-refractivity contribution in [2.75, 3.05) is 40.9 Å². The predicted octanol–water partition coefficient (Wildman–Crippen LogP) is 12.5. The van der Waals surface area contributed by atoms with E-state index in [1.54, 1.807) is 0 Å². The molecular weight excluding hydrogens is 695 g/mol. The Bertz CT molecular complexity index is 938. The van der Waals surface area contributed by atoms with Crippen LogP contribution in [0.1, 0.15) is 206 Å². The summed E-state index contributed by atoms with van der Waals surface area (Å²) < 4.78 is 23.6. The number of quaternary nitrogens is 1. The van der Waals surface area contributed by atoms with Crippen molar-refractivity contribution in [2.45, 2.75) is 219 Å². The van der Waals surface area contributed by atoms with Crippen LogP contribution in [0.25, 0.3) is 0 Å². The van der Waals surface area contributed by atoms with Crippen molar-refractivity contribution >= 4 is 13.7 Å². The van der Waals surface area contributed by atoms with E-state index in [2.05, 4.69) is 37.4 Å². The van der Waals surface area contributed by atoms with E-state index in [0.29, 0.717) is 23.9 Å². The second-order valence-corrected chi connectivity index (χ2v) is 18.2. The number of unbranched alkanes of at least 4 members (excludes halogenated alkanes) is 24. The molecule has 54 heavy (non-hydrogen) atoms. The molecule has 0 rings (SSSR count). The van der Waals surface area contributed by atoms with Gasteiger partial charge >= 0.3 is 7.82 Å². The minimum absolute atomic E-state index is 0.0663. The predicted molar refractivity (Wildman–Crippen MR) is 231 cm³/mol. The van der Waals surface area contributed by atoms with Crippen molar-refractivity contribution in [3.8, 4) is 0 Å². The van der Waals surface area contributed by atoms with Gasteiger partial charge in [-0.2, -0.15) is 0 Å². The van der Waals surface area contributed by atoms with Crippen molar-refractivity contribution in [3.63, 3.8) is 0 Å². The van der Waals surface area contributed by atoms with Gasteiger partial charge in [0.15, 0.2) is 0 Å². The lowest BCUT2D eigenvalue weighted by atomic mass is 10.0. The number of allylic oxidation sites excluding steroid dienone is 4. The first-order valence-corrected chi connectivity index (χ1v) is 24.2. The third-order valence-corrected chi connectivity index (χ3v) is 11.2. The van der Waals surface area contributed by atoms with Gasteiger partial charge in [0.1, 0.15) is 13.2 Å². The fourth-order valence-electron chi connectivity index (χ4n) is 6.57. The van der Waals surface area contributed by atoms with E-state index in [1.807, 2.05) is 27.2 Å². The lowest BCUT2D eigenvalue weighted by molar-refractivity contribution is -0.870. The van der Waals surface area contributed by atoms with Gasteiger partial charge in [0.2, 0.25) is 5.91 Å². The van der Waals surface area contributed by atoms with Crippen LogP contribution in [0.4, 0.5) is 0 Å². The molecule has 0 radical (unpaired) electrons. The number of aliphatic hydroxyl groups excluding tert-OH is 1. The number of nitrogens with one attached hydrogen (secondary N) is 1. The van der Waals surface area contributed by atoms with E-state index >= 15 is 0 Å². The Morgan fingerprint density at radius 3 is 1.52 bits per heavy atom. The third kappa shape index (κ3) is 39.2. The highest BCUT2D eigenvalue weighted by Gasteiger charge is 2.28. The zero-order valence-electron chi connectivity index (χ0n) is 36.2. The quantitative estimate of drug-likeness (QED) is 0.0247. The van der Waals surface area contributed by atoms with Gasteiger partial charge in [0, 0.05) is 6.42 Å². The number of carbonyl (C=O) groups excluding carboxylic acids is 1. The molecule has 0 aliphatic heterocycles. The zero-order chi connectivity index (χ0) is 40.0. The number of hydrogen-bond donors (Lipinski definition) is 3. The molecule has 8 nitrogen and oxygen atoms in total. The summed E-state index contributed by atoms with van der Waals surface area (Å²) in [6, 6.07) is -0.788. The molecule has 1 amide bonds. The number of carbonyl (C=O) groups is 1. The SMILES string of the molecule is CCCCCCCC/C=C\C/C=C\CCC(=O)NC(COP(=O)(O)OCC[N+](C)(C)C)C(O)CCCCCCCCCCCCCCCCCCCCC. The van der Waals surface area contributed by atoms with E-state index in [4.69, 9.17) is 9.05 Å². The van der Waals surface area contributed by atoms with E-state index in [1.165, 1.54) is 141 Å². The lowest BCUT2D eigenvalue weighted by Crippen LogP contribution is -2.46. The largest absolute Gasteiger partial charge is 0.472 e. The summed E-state index contributed by atoms with van der Waals surface area (Å²) in [5.41, 5.74) is 0. The molecule has 0 aliphatic rings. The summed E-state index contributed by atoms with van der Waals surface area (Å²) in [7, 11) is 1.59. The van der Waals surface area contributed by atoms with Crippen LogP contribution in [0.2, 0.25) is 0 Å². The van der Waals surface area contributed by atoms with Gasteiger partial charge in [-0.1, -0.05) is 192 Å². The third-order valence-electron chi connectivity index (χ3n) is 10.2. The fourth-order valence-corrected chi connectivity index (χ4v) is 7.30. The second-order valence-electron chi connectivity index (χ2n) is 16.8. The number of hydrogen-bond acceptors (Lipinski definition) is 5.